The zero-order valence-corrected chi connectivity index (χ0v) is 17.5. The summed E-state index contributed by atoms with van der Waals surface area (Å²) in [5.74, 6) is -0.114. The van der Waals surface area contributed by atoms with Gasteiger partial charge in [-0.05, 0) is 55.4 Å². The van der Waals surface area contributed by atoms with Crippen molar-refractivity contribution < 1.29 is 18.7 Å². The molecule has 2 aliphatic rings. The summed E-state index contributed by atoms with van der Waals surface area (Å²) in [6.07, 6.45) is 8.41. The molecule has 154 valence electrons. The summed E-state index contributed by atoms with van der Waals surface area (Å²) in [5, 5.41) is 0. The van der Waals surface area contributed by atoms with Crippen LogP contribution in [0.3, 0.4) is 0 Å². The van der Waals surface area contributed by atoms with Crippen LogP contribution in [0.1, 0.15) is 61.0 Å². The largest absolute Gasteiger partial charge is 0.465 e. The van der Waals surface area contributed by atoms with Gasteiger partial charge in [0.25, 0.3) is 0 Å². The van der Waals surface area contributed by atoms with Crippen molar-refractivity contribution in [3.63, 3.8) is 0 Å². The fourth-order valence-corrected chi connectivity index (χ4v) is 5.82. The first-order valence-electron chi connectivity index (χ1n) is 10.4. The lowest BCUT2D eigenvalue weighted by Crippen LogP contribution is -2.48. The third-order valence-corrected chi connectivity index (χ3v) is 7.30. The Morgan fingerprint density at radius 3 is 2.52 bits per heavy atom. The van der Waals surface area contributed by atoms with Gasteiger partial charge in [-0.1, -0.05) is 31.4 Å². The molecule has 0 N–H and O–H groups in total. The van der Waals surface area contributed by atoms with E-state index in [0.717, 1.165) is 41.8 Å². The Bertz CT molecular complexity index is 886. The number of anilines is 1. The molecule has 1 aliphatic heterocycles. The smallest absolute Gasteiger partial charge is 0.348 e. The van der Waals surface area contributed by atoms with Gasteiger partial charge in [0.1, 0.15) is 10.7 Å². The topological polar surface area (TPSA) is 46.6 Å². The molecule has 2 fully saturated rings. The van der Waals surface area contributed by atoms with Crippen LogP contribution in [0.5, 0.6) is 0 Å². The number of rotatable bonds is 4. The second-order valence-corrected chi connectivity index (χ2v) is 9.00. The lowest BCUT2D eigenvalue weighted by atomic mass is 9.79. The second-order valence-electron chi connectivity index (χ2n) is 7.94. The van der Waals surface area contributed by atoms with Crippen LogP contribution in [0.4, 0.5) is 10.1 Å². The standard InChI is InChI=1S/C23H26FNO3S/c1-28-23(27)20-14-19(22(29-20)16-10-12-17(24)13-11-16)25-18(8-5-9-21(25)26)15-6-3-2-4-7-15/h10-15,18H,2-9H2,1H3. The lowest BCUT2D eigenvalue weighted by molar-refractivity contribution is -0.120. The van der Waals surface area contributed by atoms with Gasteiger partial charge in [0.05, 0.1) is 17.7 Å². The molecular weight excluding hydrogens is 389 g/mol. The molecule has 0 bridgehead atoms. The number of methoxy groups -OCH3 is 1. The number of benzene rings is 1. The molecule has 6 heteroatoms. The van der Waals surface area contributed by atoms with Gasteiger partial charge in [-0.25, -0.2) is 9.18 Å². The number of halogens is 1. The minimum Gasteiger partial charge on any atom is -0.465 e. The highest BCUT2D eigenvalue weighted by molar-refractivity contribution is 7.18. The van der Waals surface area contributed by atoms with Crippen LogP contribution in [0.15, 0.2) is 30.3 Å². The zero-order valence-electron chi connectivity index (χ0n) is 16.7. The third-order valence-electron chi connectivity index (χ3n) is 6.15. The molecule has 29 heavy (non-hydrogen) atoms. The van der Waals surface area contributed by atoms with Crippen molar-refractivity contribution in [2.24, 2.45) is 5.92 Å². The first kappa shape index (κ1) is 20.1. The molecule has 1 unspecified atom stereocenters. The fourth-order valence-electron chi connectivity index (χ4n) is 4.75. The highest BCUT2D eigenvalue weighted by Crippen LogP contribution is 2.44. The Morgan fingerprint density at radius 1 is 1.10 bits per heavy atom. The van der Waals surface area contributed by atoms with E-state index in [2.05, 4.69) is 0 Å². The Kier molecular flexibility index (Phi) is 5.99. The molecule has 1 saturated heterocycles. The van der Waals surface area contributed by atoms with E-state index in [4.69, 9.17) is 4.74 Å². The van der Waals surface area contributed by atoms with E-state index >= 15 is 0 Å². The Hall–Kier alpha value is -2.21. The van der Waals surface area contributed by atoms with Gasteiger partial charge in [-0.2, -0.15) is 0 Å². The van der Waals surface area contributed by atoms with E-state index in [-0.39, 0.29) is 17.8 Å². The van der Waals surface area contributed by atoms with E-state index in [0.29, 0.717) is 17.2 Å². The van der Waals surface area contributed by atoms with E-state index in [1.165, 1.54) is 49.8 Å². The molecule has 1 aliphatic carbocycles. The first-order valence-corrected chi connectivity index (χ1v) is 11.2. The van der Waals surface area contributed by atoms with E-state index in [9.17, 15) is 14.0 Å². The molecule has 0 spiro atoms. The summed E-state index contributed by atoms with van der Waals surface area (Å²) < 4.78 is 18.4. The monoisotopic (exact) mass is 415 g/mol. The van der Waals surface area contributed by atoms with Crippen molar-refractivity contribution >= 4 is 28.9 Å². The maximum atomic E-state index is 13.5. The number of ether oxygens (including phenoxy) is 1. The molecule has 4 nitrogen and oxygen atoms in total. The molecule has 1 amide bonds. The number of amides is 1. The first-order chi connectivity index (χ1) is 14.1. The van der Waals surface area contributed by atoms with Gasteiger partial charge in [0, 0.05) is 12.5 Å². The second kappa shape index (κ2) is 8.66. The maximum Gasteiger partial charge on any atom is 0.348 e. The number of carbonyl (C=O) groups excluding carboxylic acids is 2. The summed E-state index contributed by atoms with van der Waals surface area (Å²) >= 11 is 1.30. The average Bonchev–Trinajstić information content (AvgIpc) is 3.19. The van der Waals surface area contributed by atoms with Crippen LogP contribution in [-0.2, 0) is 9.53 Å². The number of hydrogen-bond donors (Lipinski definition) is 0. The van der Waals surface area contributed by atoms with Crippen LogP contribution < -0.4 is 4.90 Å². The third kappa shape index (κ3) is 4.08. The average molecular weight is 416 g/mol. The highest BCUT2D eigenvalue weighted by Gasteiger charge is 2.37. The number of carbonyl (C=O) groups is 2. The highest BCUT2D eigenvalue weighted by atomic mass is 32.1. The van der Waals surface area contributed by atoms with Crippen molar-refractivity contribution in [1.82, 2.24) is 0 Å². The Balaban J connectivity index is 1.79. The minimum atomic E-state index is -0.414. The summed E-state index contributed by atoms with van der Waals surface area (Å²) in [5.41, 5.74) is 1.57. The molecule has 1 saturated carbocycles. The molecule has 1 aromatic carbocycles. The molecule has 1 atom stereocenters. The number of nitrogens with zero attached hydrogens (tertiary/aromatic N) is 1. The van der Waals surface area contributed by atoms with Crippen LogP contribution in [0.2, 0.25) is 0 Å². The van der Waals surface area contributed by atoms with Crippen LogP contribution in [0.25, 0.3) is 10.4 Å². The molecule has 0 radical (unpaired) electrons. The summed E-state index contributed by atoms with van der Waals surface area (Å²) in [7, 11) is 1.36. The van der Waals surface area contributed by atoms with Crippen LogP contribution in [0, 0.1) is 11.7 Å². The lowest BCUT2D eigenvalue weighted by Gasteiger charge is -2.42. The zero-order chi connectivity index (χ0) is 20.4. The Labute approximate surface area is 174 Å². The van der Waals surface area contributed by atoms with E-state index < -0.39 is 5.97 Å². The van der Waals surface area contributed by atoms with Crippen molar-refractivity contribution in [3.8, 4) is 10.4 Å². The molecule has 2 heterocycles. The van der Waals surface area contributed by atoms with Crippen LogP contribution in [-0.4, -0.2) is 25.0 Å². The normalized spacial score (nSPS) is 20.7. The summed E-state index contributed by atoms with van der Waals surface area (Å²) in [6, 6.07) is 8.18. The van der Waals surface area contributed by atoms with Gasteiger partial charge < -0.3 is 9.64 Å². The van der Waals surface area contributed by atoms with Crippen LogP contribution >= 0.6 is 11.3 Å². The maximum absolute atomic E-state index is 13.5. The number of piperidine rings is 1. The fraction of sp³-hybridized carbons (Fsp3) is 0.478. The van der Waals surface area contributed by atoms with Gasteiger partial charge in [0.2, 0.25) is 5.91 Å². The quantitative estimate of drug-likeness (QED) is 0.592. The van der Waals surface area contributed by atoms with Gasteiger partial charge >= 0.3 is 5.97 Å². The summed E-state index contributed by atoms with van der Waals surface area (Å²) in [4.78, 5) is 28.6. The van der Waals surface area contributed by atoms with Gasteiger partial charge in [-0.15, -0.1) is 11.3 Å². The molecule has 1 aromatic heterocycles. The minimum absolute atomic E-state index is 0.115. The SMILES string of the molecule is COC(=O)c1cc(N2C(=O)CCCC2C2CCCCC2)c(-c2ccc(F)cc2)s1. The number of hydrogen-bond acceptors (Lipinski definition) is 4. The van der Waals surface area contributed by atoms with Gasteiger partial charge in [-0.3, -0.25) is 4.79 Å². The van der Waals surface area contributed by atoms with Crippen molar-refractivity contribution in [2.45, 2.75) is 57.4 Å². The molecule has 2 aromatic rings. The van der Waals surface area contributed by atoms with E-state index in [1.807, 2.05) is 4.90 Å². The molecular formula is C23H26FNO3S. The van der Waals surface area contributed by atoms with Crippen molar-refractivity contribution in [2.75, 3.05) is 12.0 Å². The molecule has 4 rings (SSSR count). The van der Waals surface area contributed by atoms with Gasteiger partial charge in [0.15, 0.2) is 0 Å². The number of thiophene rings is 1. The van der Waals surface area contributed by atoms with Crippen molar-refractivity contribution in [1.29, 1.82) is 0 Å². The van der Waals surface area contributed by atoms with E-state index in [1.54, 1.807) is 18.2 Å². The Morgan fingerprint density at radius 2 is 1.83 bits per heavy atom. The predicted octanol–water partition coefficient (Wildman–Crippen LogP) is 5.81. The predicted molar refractivity (Wildman–Crippen MR) is 113 cm³/mol. The summed E-state index contributed by atoms with van der Waals surface area (Å²) in [6.45, 7) is 0. The number of esters is 1. The van der Waals surface area contributed by atoms with Crippen molar-refractivity contribution in [3.05, 3.63) is 41.0 Å².